The number of aliphatic hydroxyl groups is 2. The molecule has 112 valence electrons. The SMILES string of the molecule is COCCN(CCO)CC1(O)CCC(C(=O)O)CC1. The van der Waals surface area contributed by atoms with Crippen molar-refractivity contribution in [1.29, 1.82) is 0 Å². The highest BCUT2D eigenvalue weighted by atomic mass is 16.5. The molecule has 3 N–H and O–H groups in total. The first kappa shape index (κ1) is 16.4. The molecule has 0 spiro atoms. The minimum atomic E-state index is -0.838. The fourth-order valence-corrected chi connectivity index (χ4v) is 2.61. The monoisotopic (exact) mass is 275 g/mol. The van der Waals surface area contributed by atoms with Gasteiger partial charge in [0, 0.05) is 26.7 Å². The zero-order valence-corrected chi connectivity index (χ0v) is 11.5. The number of aliphatic carboxylic acids is 1. The maximum absolute atomic E-state index is 10.9. The molecule has 0 radical (unpaired) electrons. The lowest BCUT2D eigenvalue weighted by molar-refractivity contribution is -0.145. The number of rotatable bonds is 8. The Morgan fingerprint density at radius 3 is 2.47 bits per heavy atom. The van der Waals surface area contributed by atoms with Gasteiger partial charge in [0.1, 0.15) is 0 Å². The molecule has 0 aromatic rings. The van der Waals surface area contributed by atoms with Crippen molar-refractivity contribution in [3.8, 4) is 0 Å². The second kappa shape index (κ2) is 7.79. The van der Waals surface area contributed by atoms with Gasteiger partial charge in [0.05, 0.1) is 24.7 Å². The van der Waals surface area contributed by atoms with Gasteiger partial charge < -0.3 is 20.1 Å². The van der Waals surface area contributed by atoms with Gasteiger partial charge in [-0.3, -0.25) is 9.69 Å². The van der Waals surface area contributed by atoms with Crippen molar-refractivity contribution in [2.24, 2.45) is 5.92 Å². The topological polar surface area (TPSA) is 90.2 Å². The first-order valence-corrected chi connectivity index (χ1v) is 6.78. The summed E-state index contributed by atoms with van der Waals surface area (Å²) in [6, 6.07) is 0. The number of hydrogen-bond donors (Lipinski definition) is 3. The Hall–Kier alpha value is -0.690. The molecule has 0 saturated heterocycles. The molecule has 1 saturated carbocycles. The normalized spacial score (nSPS) is 27.7. The predicted molar refractivity (Wildman–Crippen MR) is 69.9 cm³/mol. The zero-order valence-electron chi connectivity index (χ0n) is 11.5. The molecular formula is C13H25NO5. The smallest absolute Gasteiger partial charge is 0.306 e. The van der Waals surface area contributed by atoms with Crippen molar-refractivity contribution in [2.45, 2.75) is 31.3 Å². The molecule has 0 amide bonds. The van der Waals surface area contributed by atoms with Gasteiger partial charge >= 0.3 is 5.97 Å². The van der Waals surface area contributed by atoms with Gasteiger partial charge in [-0.05, 0) is 25.7 Å². The molecule has 0 bridgehead atoms. The van der Waals surface area contributed by atoms with Crippen LogP contribution in [0.5, 0.6) is 0 Å². The van der Waals surface area contributed by atoms with E-state index in [0.29, 0.717) is 51.9 Å². The summed E-state index contributed by atoms with van der Waals surface area (Å²) in [5.74, 6) is -1.10. The van der Waals surface area contributed by atoms with E-state index in [1.807, 2.05) is 4.90 Å². The molecule has 0 aromatic carbocycles. The van der Waals surface area contributed by atoms with Crippen LogP contribution in [0.25, 0.3) is 0 Å². The van der Waals surface area contributed by atoms with E-state index in [2.05, 4.69) is 0 Å². The van der Waals surface area contributed by atoms with Crippen LogP contribution in [-0.2, 0) is 9.53 Å². The van der Waals surface area contributed by atoms with Crippen LogP contribution in [0.4, 0.5) is 0 Å². The summed E-state index contributed by atoms with van der Waals surface area (Å²) in [7, 11) is 1.61. The lowest BCUT2D eigenvalue weighted by Gasteiger charge is -2.38. The van der Waals surface area contributed by atoms with E-state index in [-0.39, 0.29) is 12.5 Å². The highest BCUT2D eigenvalue weighted by Gasteiger charge is 2.36. The minimum Gasteiger partial charge on any atom is -0.481 e. The number of carboxylic acids is 1. The molecule has 0 aliphatic heterocycles. The van der Waals surface area contributed by atoms with E-state index in [4.69, 9.17) is 14.9 Å². The number of carboxylic acid groups (broad SMARTS) is 1. The first-order valence-electron chi connectivity index (χ1n) is 6.78. The number of ether oxygens (including phenoxy) is 1. The largest absolute Gasteiger partial charge is 0.481 e. The van der Waals surface area contributed by atoms with E-state index < -0.39 is 11.6 Å². The molecule has 1 fully saturated rings. The quantitative estimate of drug-likeness (QED) is 0.574. The van der Waals surface area contributed by atoms with Gasteiger partial charge in [-0.2, -0.15) is 0 Å². The Morgan fingerprint density at radius 2 is 2.00 bits per heavy atom. The molecule has 1 aliphatic carbocycles. The second-order valence-corrected chi connectivity index (χ2v) is 5.33. The van der Waals surface area contributed by atoms with Crippen LogP contribution in [-0.4, -0.2) is 71.7 Å². The molecular weight excluding hydrogens is 250 g/mol. The molecule has 19 heavy (non-hydrogen) atoms. The lowest BCUT2D eigenvalue weighted by atomic mass is 9.78. The van der Waals surface area contributed by atoms with Crippen molar-refractivity contribution in [3.05, 3.63) is 0 Å². The van der Waals surface area contributed by atoms with Gasteiger partial charge in [0.15, 0.2) is 0 Å². The summed E-state index contributed by atoms with van der Waals surface area (Å²) in [5.41, 5.74) is -0.838. The zero-order chi connectivity index (χ0) is 14.3. The summed E-state index contributed by atoms with van der Waals surface area (Å²) in [5, 5.41) is 28.5. The third-order valence-corrected chi connectivity index (χ3v) is 3.81. The molecule has 1 aliphatic rings. The van der Waals surface area contributed by atoms with Crippen LogP contribution >= 0.6 is 0 Å². The summed E-state index contributed by atoms with van der Waals surface area (Å²) in [4.78, 5) is 12.9. The Bertz CT molecular complexity index is 276. The summed E-state index contributed by atoms with van der Waals surface area (Å²) < 4.78 is 5.01. The first-order chi connectivity index (χ1) is 9.00. The van der Waals surface area contributed by atoms with Gasteiger partial charge in [-0.15, -0.1) is 0 Å². The fourth-order valence-electron chi connectivity index (χ4n) is 2.61. The number of carbonyl (C=O) groups is 1. The minimum absolute atomic E-state index is 0.0392. The van der Waals surface area contributed by atoms with Gasteiger partial charge in [0.2, 0.25) is 0 Å². The van der Waals surface area contributed by atoms with E-state index in [1.54, 1.807) is 7.11 Å². The summed E-state index contributed by atoms with van der Waals surface area (Å²) in [6.07, 6.45) is 2.03. The van der Waals surface area contributed by atoms with Crippen molar-refractivity contribution in [3.63, 3.8) is 0 Å². The number of nitrogens with zero attached hydrogens (tertiary/aromatic N) is 1. The highest BCUT2D eigenvalue weighted by molar-refractivity contribution is 5.70. The fraction of sp³-hybridized carbons (Fsp3) is 0.923. The van der Waals surface area contributed by atoms with Crippen LogP contribution in [0, 0.1) is 5.92 Å². The van der Waals surface area contributed by atoms with Crippen molar-refractivity contribution < 1.29 is 24.9 Å². The average molecular weight is 275 g/mol. The number of methoxy groups -OCH3 is 1. The number of hydrogen-bond acceptors (Lipinski definition) is 5. The molecule has 0 atom stereocenters. The average Bonchev–Trinajstić information content (AvgIpc) is 2.36. The van der Waals surface area contributed by atoms with Gasteiger partial charge in [0.25, 0.3) is 0 Å². The van der Waals surface area contributed by atoms with Gasteiger partial charge in [-0.25, -0.2) is 0 Å². The third-order valence-electron chi connectivity index (χ3n) is 3.81. The number of aliphatic hydroxyl groups excluding tert-OH is 1. The van der Waals surface area contributed by atoms with Crippen molar-refractivity contribution in [2.75, 3.05) is 40.0 Å². The molecule has 0 aromatic heterocycles. The van der Waals surface area contributed by atoms with Crippen molar-refractivity contribution >= 4 is 5.97 Å². The van der Waals surface area contributed by atoms with Crippen LogP contribution in [0.2, 0.25) is 0 Å². The lowest BCUT2D eigenvalue weighted by Crippen LogP contribution is -2.47. The third kappa shape index (κ3) is 5.44. The van der Waals surface area contributed by atoms with E-state index in [1.165, 1.54) is 0 Å². The predicted octanol–water partition coefficient (Wildman–Crippen LogP) is -0.0670. The maximum Gasteiger partial charge on any atom is 0.306 e. The van der Waals surface area contributed by atoms with Gasteiger partial charge in [-0.1, -0.05) is 0 Å². The Labute approximate surface area is 114 Å². The Morgan fingerprint density at radius 1 is 1.37 bits per heavy atom. The highest BCUT2D eigenvalue weighted by Crippen LogP contribution is 2.32. The van der Waals surface area contributed by atoms with Crippen LogP contribution in [0.3, 0.4) is 0 Å². The molecule has 6 nitrogen and oxygen atoms in total. The standard InChI is InChI=1S/C13H25NO5/c1-19-9-7-14(6-8-15)10-13(18)4-2-11(3-5-13)12(16)17/h11,15,18H,2-10H2,1H3,(H,16,17). The van der Waals surface area contributed by atoms with Crippen LogP contribution in [0.15, 0.2) is 0 Å². The Kier molecular flexibility index (Phi) is 6.71. The maximum atomic E-state index is 10.9. The Balaban J connectivity index is 2.46. The molecule has 1 rings (SSSR count). The second-order valence-electron chi connectivity index (χ2n) is 5.33. The summed E-state index contributed by atoms with van der Waals surface area (Å²) in [6.45, 7) is 2.20. The molecule has 0 unspecified atom stereocenters. The molecule has 6 heteroatoms. The van der Waals surface area contributed by atoms with E-state index in [0.717, 1.165) is 0 Å². The van der Waals surface area contributed by atoms with Crippen molar-refractivity contribution in [1.82, 2.24) is 4.90 Å². The molecule has 0 heterocycles. The van der Waals surface area contributed by atoms with Crippen LogP contribution in [0.1, 0.15) is 25.7 Å². The van der Waals surface area contributed by atoms with E-state index in [9.17, 15) is 9.90 Å². The van der Waals surface area contributed by atoms with Crippen LogP contribution < -0.4 is 0 Å². The van der Waals surface area contributed by atoms with E-state index >= 15 is 0 Å². The summed E-state index contributed by atoms with van der Waals surface area (Å²) >= 11 is 0.